The number of thioether (sulfide) groups is 1. The quantitative estimate of drug-likeness (QED) is 0.399. The van der Waals surface area contributed by atoms with Gasteiger partial charge in [-0.15, -0.1) is 0 Å². The van der Waals surface area contributed by atoms with E-state index in [1.165, 1.54) is 5.56 Å². The van der Waals surface area contributed by atoms with Crippen LogP contribution in [-0.2, 0) is 27.4 Å². The first-order chi connectivity index (χ1) is 15.6. The van der Waals surface area contributed by atoms with Crippen molar-refractivity contribution in [3.8, 4) is 0 Å². The Morgan fingerprint density at radius 3 is 1.88 bits per heavy atom. The normalized spacial score (nSPS) is 25.5. The van der Waals surface area contributed by atoms with Crippen LogP contribution in [0.4, 0.5) is 4.39 Å². The van der Waals surface area contributed by atoms with E-state index in [2.05, 4.69) is 31.2 Å². The smallest absolute Gasteiger partial charge is 0.155 e. The van der Waals surface area contributed by atoms with E-state index in [9.17, 15) is 0 Å². The Morgan fingerprint density at radius 1 is 0.781 bits per heavy atom. The summed E-state index contributed by atoms with van der Waals surface area (Å²) in [6.45, 7) is 4.51. The Hall–Kier alpha value is -2.18. The number of halogens is 1. The second kappa shape index (κ2) is 11.1. The van der Waals surface area contributed by atoms with E-state index in [0.717, 1.165) is 16.0 Å². The lowest BCUT2D eigenvalue weighted by Gasteiger charge is -2.42. The molecule has 0 saturated carbocycles. The number of aryl methyl sites for hydroxylation is 1. The summed E-state index contributed by atoms with van der Waals surface area (Å²) in [6, 6.07) is 28.0. The predicted octanol–water partition coefficient (Wildman–Crippen LogP) is 6.34. The molecule has 32 heavy (non-hydrogen) atoms. The number of alkyl halides is 1. The maximum Gasteiger partial charge on any atom is 0.155 e. The summed E-state index contributed by atoms with van der Waals surface area (Å²) in [5.41, 5.74) is 2.84. The van der Waals surface area contributed by atoms with Crippen LogP contribution >= 0.6 is 11.8 Å². The van der Waals surface area contributed by atoms with Crippen molar-refractivity contribution >= 4 is 11.8 Å². The third-order valence-corrected chi connectivity index (χ3v) is 6.70. The van der Waals surface area contributed by atoms with E-state index in [0.29, 0.717) is 13.2 Å². The highest BCUT2D eigenvalue weighted by Crippen LogP contribution is 2.37. The van der Waals surface area contributed by atoms with Crippen LogP contribution in [0.15, 0.2) is 89.8 Å². The largest absolute Gasteiger partial charge is 0.368 e. The highest BCUT2D eigenvalue weighted by atomic mass is 32.2. The van der Waals surface area contributed by atoms with Gasteiger partial charge in [-0.2, -0.15) is 0 Å². The van der Waals surface area contributed by atoms with Crippen molar-refractivity contribution < 1.29 is 18.6 Å². The average molecular weight is 453 g/mol. The van der Waals surface area contributed by atoms with Crippen LogP contribution in [-0.4, -0.2) is 29.9 Å². The molecule has 4 rings (SSSR count). The van der Waals surface area contributed by atoms with E-state index in [1.54, 1.807) is 18.7 Å². The molecule has 3 aromatic carbocycles. The summed E-state index contributed by atoms with van der Waals surface area (Å²) < 4.78 is 33.9. The molecular formula is C27H29FO3S. The second-order valence-corrected chi connectivity index (χ2v) is 9.28. The average Bonchev–Trinajstić information content (AvgIpc) is 2.82. The number of rotatable bonds is 8. The lowest BCUT2D eigenvalue weighted by atomic mass is 10.0. The summed E-state index contributed by atoms with van der Waals surface area (Å²) in [7, 11) is 0. The van der Waals surface area contributed by atoms with Crippen LogP contribution in [0.1, 0.15) is 23.6 Å². The van der Waals surface area contributed by atoms with Gasteiger partial charge < -0.3 is 14.2 Å². The van der Waals surface area contributed by atoms with Crippen LogP contribution < -0.4 is 0 Å². The standard InChI is InChI=1S/C27H29FO3S/c1-19-13-15-23(16-14-19)32-27-26(30-18-22-11-7-4-8-12-22)25(24(28)20(2)31-27)29-17-21-9-5-3-6-10-21/h3-16,20,24-27H,17-18H2,1-2H3/t20-,24-,25+,26-,27+/m1/s1. The Balaban J connectivity index is 1.54. The Morgan fingerprint density at radius 2 is 1.31 bits per heavy atom. The summed E-state index contributed by atoms with van der Waals surface area (Å²) in [5.74, 6) is 0. The maximum absolute atomic E-state index is 15.3. The lowest BCUT2D eigenvalue weighted by molar-refractivity contribution is -0.211. The van der Waals surface area contributed by atoms with Gasteiger partial charge in [-0.3, -0.25) is 0 Å². The third-order valence-electron chi connectivity index (χ3n) is 5.55. The fraction of sp³-hybridized carbons (Fsp3) is 0.333. The van der Waals surface area contributed by atoms with Gasteiger partial charge in [-0.05, 0) is 37.1 Å². The molecule has 0 radical (unpaired) electrons. The molecule has 0 spiro atoms. The Kier molecular flexibility index (Phi) is 7.98. The highest BCUT2D eigenvalue weighted by Gasteiger charge is 2.46. The van der Waals surface area contributed by atoms with Gasteiger partial charge in [0.2, 0.25) is 0 Å². The van der Waals surface area contributed by atoms with E-state index < -0.39 is 24.5 Å². The molecule has 3 aromatic rings. The molecular weight excluding hydrogens is 423 g/mol. The van der Waals surface area contributed by atoms with Gasteiger partial charge in [-0.25, -0.2) is 4.39 Å². The molecule has 168 valence electrons. The minimum absolute atomic E-state index is 0.325. The van der Waals surface area contributed by atoms with Crippen molar-refractivity contribution in [1.29, 1.82) is 0 Å². The van der Waals surface area contributed by atoms with E-state index in [1.807, 2.05) is 60.7 Å². The van der Waals surface area contributed by atoms with Crippen LogP contribution in [0.3, 0.4) is 0 Å². The molecule has 0 N–H and O–H groups in total. The molecule has 5 atom stereocenters. The SMILES string of the molecule is Cc1ccc(S[C@@H]2O[C@H](C)[C@@H](F)[C@H](OCc3ccccc3)[C@H]2OCc2ccccc2)cc1. The van der Waals surface area contributed by atoms with Crippen molar-refractivity contribution in [3.05, 3.63) is 102 Å². The predicted molar refractivity (Wildman–Crippen MR) is 126 cm³/mol. The Bertz CT molecular complexity index is 952. The summed E-state index contributed by atoms with van der Waals surface area (Å²) >= 11 is 1.55. The highest BCUT2D eigenvalue weighted by molar-refractivity contribution is 7.99. The van der Waals surface area contributed by atoms with Crippen LogP contribution in [0.5, 0.6) is 0 Å². The van der Waals surface area contributed by atoms with Gasteiger partial charge in [-0.1, -0.05) is 90.1 Å². The molecule has 0 bridgehead atoms. The second-order valence-electron chi connectivity index (χ2n) is 8.11. The van der Waals surface area contributed by atoms with Crippen LogP contribution in [0, 0.1) is 6.92 Å². The zero-order valence-electron chi connectivity index (χ0n) is 18.4. The van der Waals surface area contributed by atoms with Crippen LogP contribution in [0.2, 0.25) is 0 Å². The first-order valence-electron chi connectivity index (χ1n) is 10.9. The lowest BCUT2D eigenvalue weighted by Crippen LogP contribution is -2.55. The number of benzene rings is 3. The number of ether oxygens (including phenoxy) is 3. The molecule has 1 saturated heterocycles. The molecule has 1 heterocycles. The fourth-order valence-corrected chi connectivity index (χ4v) is 4.87. The molecule has 3 nitrogen and oxygen atoms in total. The molecule has 1 aliphatic heterocycles. The van der Waals surface area contributed by atoms with Gasteiger partial charge in [0.05, 0.1) is 19.3 Å². The zero-order chi connectivity index (χ0) is 22.3. The Labute approximate surface area is 193 Å². The minimum Gasteiger partial charge on any atom is -0.368 e. The van der Waals surface area contributed by atoms with Crippen molar-refractivity contribution in [2.75, 3.05) is 0 Å². The fourth-order valence-electron chi connectivity index (χ4n) is 3.71. The van der Waals surface area contributed by atoms with Gasteiger partial charge in [0, 0.05) is 4.90 Å². The molecule has 0 aromatic heterocycles. The van der Waals surface area contributed by atoms with Crippen molar-refractivity contribution in [3.63, 3.8) is 0 Å². The van der Waals surface area contributed by atoms with Crippen molar-refractivity contribution in [2.24, 2.45) is 0 Å². The summed E-state index contributed by atoms with van der Waals surface area (Å²) in [6.07, 6.45) is -3.16. The number of hydrogen-bond donors (Lipinski definition) is 0. The van der Waals surface area contributed by atoms with E-state index in [-0.39, 0.29) is 5.44 Å². The monoisotopic (exact) mass is 452 g/mol. The molecule has 1 fully saturated rings. The molecule has 5 heteroatoms. The summed E-state index contributed by atoms with van der Waals surface area (Å²) in [4.78, 5) is 1.06. The molecule has 0 unspecified atom stereocenters. The third kappa shape index (κ3) is 5.99. The van der Waals surface area contributed by atoms with Gasteiger partial charge in [0.1, 0.15) is 17.6 Å². The zero-order valence-corrected chi connectivity index (χ0v) is 19.2. The maximum atomic E-state index is 15.3. The summed E-state index contributed by atoms with van der Waals surface area (Å²) in [5, 5.41) is 0. The van der Waals surface area contributed by atoms with Gasteiger partial charge >= 0.3 is 0 Å². The minimum atomic E-state index is -1.28. The molecule has 0 amide bonds. The first kappa shape index (κ1) is 23.0. The van der Waals surface area contributed by atoms with Gasteiger partial charge in [0.25, 0.3) is 0 Å². The van der Waals surface area contributed by atoms with E-state index in [4.69, 9.17) is 14.2 Å². The molecule has 0 aliphatic carbocycles. The topological polar surface area (TPSA) is 27.7 Å². The van der Waals surface area contributed by atoms with Gasteiger partial charge in [0.15, 0.2) is 6.17 Å². The van der Waals surface area contributed by atoms with Crippen molar-refractivity contribution in [2.45, 2.75) is 61.9 Å². The van der Waals surface area contributed by atoms with Crippen molar-refractivity contribution in [1.82, 2.24) is 0 Å². The van der Waals surface area contributed by atoms with Crippen LogP contribution in [0.25, 0.3) is 0 Å². The number of hydrogen-bond acceptors (Lipinski definition) is 4. The van der Waals surface area contributed by atoms with E-state index >= 15 is 4.39 Å². The first-order valence-corrected chi connectivity index (χ1v) is 11.8. The molecule has 1 aliphatic rings.